The van der Waals surface area contributed by atoms with Gasteiger partial charge in [0.2, 0.25) is 0 Å². The average Bonchev–Trinajstić information content (AvgIpc) is 2.48. The van der Waals surface area contributed by atoms with Gasteiger partial charge in [-0.05, 0) is 25.1 Å². The Hall–Kier alpha value is -2.49. The Labute approximate surface area is 117 Å². The van der Waals surface area contributed by atoms with E-state index in [0.717, 1.165) is 5.69 Å². The maximum Gasteiger partial charge on any atom is 0.257 e. The summed E-state index contributed by atoms with van der Waals surface area (Å²) in [6, 6.07) is 14.5. The van der Waals surface area contributed by atoms with Crippen LogP contribution in [0.2, 0.25) is 0 Å². The summed E-state index contributed by atoms with van der Waals surface area (Å²) in [7, 11) is 0. The van der Waals surface area contributed by atoms with Crippen molar-refractivity contribution in [3.05, 3.63) is 59.7 Å². The minimum absolute atomic E-state index is 0.0184. The first kappa shape index (κ1) is 12.5. The van der Waals surface area contributed by atoms with Crippen molar-refractivity contribution in [1.82, 2.24) is 4.90 Å². The number of phenolic OH excluding ortho intramolecular Hbond substituents is 1. The number of anilines is 1. The van der Waals surface area contributed by atoms with Crippen LogP contribution in [-0.2, 0) is 0 Å². The number of carbonyl (C=O) groups excluding carboxylic acids is 1. The summed E-state index contributed by atoms with van der Waals surface area (Å²) in [6.07, 6.45) is -0.344. The van der Waals surface area contributed by atoms with E-state index in [-0.39, 0.29) is 17.8 Å². The minimum Gasteiger partial charge on any atom is -0.508 e. The van der Waals surface area contributed by atoms with E-state index in [1.165, 1.54) is 0 Å². The van der Waals surface area contributed by atoms with Gasteiger partial charge in [0.25, 0.3) is 5.91 Å². The van der Waals surface area contributed by atoms with Gasteiger partial charge in [0, 0.05) is 17.8 Å². The molecule has 1 amide bonds. The summed E-state index contributed by atoms with van der Waals surface area (Å²) in [4.78, 5) is 14.3. The van der Waals surface area contributed by atoms with Gasteiger partial charge in [-0.3, -0.25) is 4.79 Å². The fraction of sp³-hybridized carbons (Fsp3) is 0.188. The highest BCUT2D eigenvalue weighted by Gasteiger charge is 2.32. The second-order valence-corrected chi connectivity index (χ2v) is 4.74. The van der Waals surface area contributed by atoms with Crippen molar-refractivity contribution in [1.29, 1.82) is 0 Å². The van der Waals surface area contributed by atoms with Crippen LogP contribution >= 0.6 is 0 Å². The lowest BCUT2D eigenvalue weighted by Gasteiger charge is -2.37. The Kier molecular flexibility index (Phi) is 3.06. The lowest BCUT2D eigenvalue weighted by Crippen LogP contribution is -2.42. The van der Waals surface area contributed by atoms with Gasteiger partial charge in [-0.25, -0.2) is 0 Å². The maximum absolute atomic E-state index is 12.5. The van der Waals surface area contributed by atoms with Crippen LogP contribution in [0.5, 0.6) is 5.75 Å². The number of para-hydroxylation sites is 2. The number of amides is 1. The lowest BCUT2D eigenvalue weighted by atomic mass is 10.0. The Morgan fingerprint density at radius 3 is 2.60 bits per heavy atom. The third kappa shape index (κ3) is 1.90. The van der Waals surface area contributed by atoms with Crippen LogP contribution < -0.4 is 5.32 Å². The first-order valence-corrected chi connectivity index (χ1v) is 6.66. The highest BCUT2D eigenvalue weighted by atomic mass is 16.3. The van der Waals surface area contributed by atoms with Crippen molar-refractivity contribution < 1.29 is 9.90 Å². The second-order valence-electron chi connectivity index (χ2n) is 4.74. The summed E-state index contributed by atoms with van der Waals surface area (Å²) in [6.45, 7) is 2.50. The largest absolute Gasteiger partial charge is 0.508 e. The SMILES string of the molecule is CCN1C(=O)c2ccccc2NC1c1ccccc1O. The molecule has 2 aromatic carbocycles. The number of nitrogens with one attached hydrogen (secondary N) is 1. The van der Waals surface area contributed by atoms with Crippen LogP contribution in [0, 0.1) is 0 Å². The molecular formula is C16H16N2O2. The van der Waals surface area contributed by atoms with Gasteiger partial charge >= 0.3 is 0 Å². The monoisotopic (exact) mass is 268 g/mol. The molecule has 1 atom stereocenters. The number of hydrogen-bond acceptors (Lipinski definition) is 3. The predicted octanol–water partition coefficient (Wildman–Crippen LogP) is 2.98. The molecule has 0 fully saturated rings. The van der Waals surface area contributed by atoms with Crippen molar-refractivity contribution in [3.8, 4) is 5.75 Å². The molecule has 4 nitrogen and oxygen atoms in total. The van der Waals surface area contributed by atoms with E-state index in [1.54, 1.807) is 17.0 Å². The average molecular weight is 268 g/mol. The Morgan fingerprint density at radius 1 is 1.15 bits per heavy atom. The van der Waals surface area contributed by atoms with Gasteiger partial charge in [-0.1, -0.05) is 30.3 Å². The Bertz CT molecular complexity index is 654. The first-order chi connectivity index (χ1) is 9.72. The molecule has 2 aromatic rings. The zero-order valence-corrected chi connectivity index (χ0v) is 11.2. The quantitative estimate of drug-likeness (QED) is 0.880. The number of hydrogen-bond donors (Lipinski definition) is 2. The van der Waals surface area contributed by atoms with Crippen molar-refractivity contribution in [2.75, 3.05) is 11.9 Å². The second kappa shape index (κ2) is 4.89. The standard InChI is InChI=1S/C16H16N2O2/c1-2-18-15(12-8-4-6-10-14(12)19)17-13-9-5-3-7-11(13)16(18)20/h3-10,15,17,19H,2H2,1H3. The number of rotatable bonds is 2. The normalized spacial score (nSPS) is 17.6. The molecule has 1 aliphatic heterocycles. The third-order valence-corrected chi connectivity index (χ3v) is 3.59. The molecule has 0 radical (unpaired) electrons. The van der Waals surface area contributed by atoms with Crippen LogP contribution in [0.1, 0.15) is 29.0 Å². The highest BCUT2D eigenvalue weighted by molar-refractivity contribution is 6.01. The minimum atomic E-state index is -0.344. The van der Waals surface area contributed by atoms with Crippen LogP contribution in [0.15, 0.2) is 48.5 Å². The molecule has 0 aromatic heterocycles. The molecule has 3 rings (SSSR count). The number of phenols is 1. The summed E-state index contributed by atoms with van der Waals surface area (Å²) in [5.41, 5.74) is 2.17. The van der Waals surface area contributed by atoms with Crippen LogP contribution in [0.25, 0.3) is 0 Å². The molecule has 0 saturated carbocycles. The zero-order chi connectivity index (χ0) is 14.1. The van der Waals surface area contributed by atoms with E-state index in [4.69, 9.17) is 0 Å². The fourth-order valence-electron chi connectivity index (χ4n) is 2.58. The van der Waals surface area contributed by atoms with Gasteiger partial charge in [-0.2, -0.15) is 0 Å². The number of nitrogens with zero attached hydrogens (tertiary/aromatic N) is 1. The maximum atomic E-state index is 12.5. The number of fused-ring (bicyclic) bond motifs is 1. The van der Waals surface area contributed by atoms with Crippen molar-refractivity contribution in [3.63, 3.8) is 0 Å². The van der Waals surface area contributed by atoms with E-state index >= 15 is 0 Å². The van der Waals surface area contributed by atoms with Crippen LogP contribution in [0.3, 0.4) is 0 Å². The molecular weight excluding hydrogens is 252 g/mol. The van der Waals surface area contributed by atoms with Crippen molar-refractivity contribution in [2.24, 2.45) is 0 Å². The van der Waals surface area contributed by atoms with Crippen LogP contribution in [0.4, 0.5) is 5.69 Å². The molecule has 0 saturated heterocycles. The topological polar surface area (TPSA) is 52.6 Å². The van der Waals surface area contributed by atoms with Gasteiger partial charge in [0.15, 0.2) is 0 Å². The van der Waals surface area contributed by atoms with Crippen LogP contribution in [-0.4, -0.2) is 22.5 Å². The summed E-state index contributed by atoms with van der Waals surface area (Å²) >= 11 is 0. The van der Waals surface area contributed by atoms with Gasteiger partial charge in [0.05, 0.1) is 5.56 Å². The first-order valence-electron chi connectivity index (χ1n) is 6.66. The molecule has 0 aliphatic carbocycles. The molecule has 0 spiro atoms. The van der Waals surface area contributed by atoms with Gasteiger partial charge < -0.3 is 15.3 Å². The Morgan fingerprint density at radius 2 is 1.85 bits per heavy atom. The molecule has 102 valence electrons. The lowest BCUT2D eigenvalue weighted by molar-refractivity contribution is 0.0693. The molecule has 20 heavy (non-hydrogen) atoms. The predicted molar refractivity (Wildman–Crippen MR) is 77.6 cm³/mol. The summed E-state index contributed by atoms with van der Waals surface area (Å²) in [5.74, 6) is 0.172. The third-order valence-electron chi connectivity index (χ3n) is 3.59. The number of benzene rings is 2. The number of carbonyl (C=O) groups is 1. The molecule has 4 heteroatoms. The van der Waals surface area contributed by atoms with E-state index in [9.17, 15) is 9.90 Å². The summed E-state index contributed by atoms with van der Waals surface area (Å²) < 4.78 is 0. The molecule has 1 unspecified atom stereocenters. The molecule has 1 heterocycles. The fourth-order valence-corrected chi connectivity index (χ4v) is 2.58. The van der Waals surface area contributed by atoms with Gasteiger partial charge in [-0.15, -0.1) is 0 Å². The Balaban J connectivity index is 2.09. The summed E-state index contributed by atoms with van der Waals surface area (Å²) in [5, 5.41) is 13.4. The number of aromatic hydroxyl groups is 1. The van der Waals surface area contributed by atoms with Crippen molar-refractivity contribution >= 4 is 11.6 Å². The van der Waals surface area contributed by atoms with Gasteiger partial charge in [0.1, 0.15) is 11.9 Å². The zero-order valence-electron chi connectivity index (χ0n) is 11.2. The van der Waals surface area contributed by atoms with E-state index in [2.05, 4.69) is 5.32 Å². The van der Waals surface area contributed by atoms with E-state index < -0.39 is 0 Å². The van der Waals surface area contributed by atoms with E-state index in [1.807, 2.05) is 43.3 Å². The smallest absolute Gasteiger partial charge is 0.257 e. The van der Waals surface area contributed by atoms with E-state index in [0.29, 0.717) is 17.7 Å². The molecule has 1 aliphatic rings. The molecule has 2 N–H and O–H groups in total. The highest BCUT2D eigenvalue weighted by Crippen LogP contribution is 2.35. The molecule has 0 bridgehead atoms. The van der Waals surface area contributed by atoms with Crippen molar-refractivity contribution in [2.45, 2.75) is 13.1 Å².